The molecule has 1 aliphatic rings. The second-order valence-electron chi connectivity index (χ2n) is 8.56. The SMILES string of the molecule is CSc1nc2ccc(NC(=O)N3CCCC3)cc2n1Cc1ccc(-c2ccccc2)c(C(=O)O)c1. The number of fused-ring (bicyclic) bond motifs is 1. The molecule has 2 N–H and O–H groups in total. The first-order valence-corrected chi connectivity index (χ1v) is 12.8. The Bertz CT molecular complexity index is 1390. The molecule has 2 heterocycles. The van der Waals surface area contributed by atoms with Crippen molar-refractivity contribution >= 4 is 40.5 Å². The van der Waals surface area contributed by atoms with E-state index in [0.29, 0.717) is 17.8 Å². The molecule has 8 heteroatoms. The summed E-state index contributed by atoms with van der Waals surface area (Å²) in [4.78, 5) is 31.2. The van der Waals surface area contributed by atoms with Crippen LogP contribution in [-0.4, -0.2) is 50.9 Å². The second kappa shape index (κ2) is 9.84. The Hall–Kier alpha value is -3.78. The number of rotatable bonds is 6. The normalized spacial score (nSPS) is 13.3. The zero-order chi connectivity index (χ0) is 24.4. The van der Waals surface area contributed by atoms with E-state index < -0.39 is 5.97 Å². The number of carboxylic acids is 1. The summed E-state index contributed by atoms with van der Waals surface area (Å²) in [7, 11) is 0. The van der Waals surface area contributed by atoms with Crippen LogP contribution in [0.25, 0.3) is 22.2 Å². The molecule has 0 spiro atoms. The van der Waals surface area contributed by atoms with Crippen molar-refractivity contribution in [3.05, 3.63) is 77.9 Å². The van der Waals surface area contributed by atoms with E-state index >= 15 is 0 Å². The summed E-state index contributed by atoms with van der Waals surface area (Å²) >= 11 is 1.53. The maximum Gasteiger partial charge on any atom is 0.336 e. The van der Waals surface area contributed by atoms with E-state index in [4.69, 9.17) is 4.98 Å². The number of anilines is 1. The molecule has 0 unspecified atom stereocenters. The number of carboxylic acid groups (broad SMARTS) is 1. The van der Waals surface area contributed by atoms with Gasteiger partial charge in [-0.2, -0.15) is 0 Å². The highest BCUT2D eigenvalue weighted by Gasteiger charge is 2.19. The van der Waals surface area contributed by atoms with Gasteiger partial charge in [0.1, 0.15) is 0 Å². The third-order valence-electron chi connectivity index (χ3n) is 6.28. The van der Waals surface area contributed by atoms with Crippen molar-refractivity contribution in [2.75, 3.05) is 24.7 Å². The molecule has 3 aromatic carbocycles. The Morgan fingerprint density at radius 1 is 1.03 bits per heavy atom. The van der Waals surface area contributed by atoms with E-state index in [1.165, 1.54) is 11.8 Å². The van der Waals surface area contributed by atoms with Gasteiger partial charge in [0.15, 0.2) is 5.16 Å². The first kappa shape index (κ1) is 23.0. The van der Waals surface area contributed by atoms with Crippen LogP contribution in [0.4, 0.5) is 10.5 Å². The minimum absolute atomic E-state index is 0.0828. The molecule has 4 aromatic rings. The fourth-order valence-electron chi connectivity index (χ4n) is 4.53. The first-order chi connectivity index (χ1) is 17.0. The Balaban J connectivity index is 1.48. The van der Waals surface area contributed by atoms with E-state index in [9.17, 15) is 14.7 Å². The van der Waals surface area contributed by atoms with Gasteiger partial charge in [-0.15, -0.1) is 0 Å². The van der Waals surface area contributed by atoms with Crippen LogP contribution in [0, 0.1) is 0 Å². The molecule has 5 rings (SSSR count). The minimum Gasteiger partial charge on any atom is -0.478 e. The molecule has 1 fully saturated rings. The molecule has 178 valence electrons. The molecule has 0 atom stereocenters. The van der Waals surface area contributed by atoms with Gasteiger partial charge in [0, 0.05) is 18.8 Å². The third kappa shape index (κ3) is 4.74. The number of hydrogen-bond donors (Lipinski definition) is 2. The van der Waals surface area contributed by atoms with Crippen LogP contribution in [-0.2, 0) is 6.54 Å². The van der Waals surface area contributed by atoms with Crippen molar-refractivity contribution < 1.29 is 14.7 Å². The zero-order valence-electron chi connectivity index (χ0n) is 19.4. The van der Waals surface area contributed by atoms with Crippen molar-refractivity contribution in [1.82, 2.24) is 14.5 Å². The number of nitrogens with one attached hydrogen (secondary N) is 1. The highest BCUT2D eigenvalue weighted by molar-refractivity contribution is 7.98. The molecular weight excluding hydrogens is 460 g/mol. The number of benzene rings is 3. The molecule has 35 heavy (non-hydrogen) atoms. The summed E-state index contributed by atoms with van der Waals surface area (Å²) < 4.78 is 2.06. The fourth-order valence-corrected chi connectivity index (χ4v) is 5.10. The Morgan fingerprint density at radius 2 is 1.80 bits per heavy atom. The second-order valence-corrected chi connectivity index (χ2v) is 9.34. The number of carbonyl (C=O) groups is 2. The average molecular weight is 487 g/mol. The molecule has 0 aliphatic carbocycles. The summed E-state index contributed by atoms with van der Waals surface area (Å²) in [5.74, 6) is -0.960. The molecule has 1 aliphatic heterocycles. The van der Waals surface area contributed by atoms with Crippen molar-refractivity contribution in [3.8, 4) is 11.1 Å². The highest BCUT2D eigenvalue weighted by Crippen LogP contribution is 2.29. The molecule has 1 aromatic heterocycles. The summed E-state index contributed by atoms with van der Waals surface area (Å²) in [6.45, 7) is 2.03. The van der Waals surface area contributed by atoms with E-state index in [2.05, 4.69) is 9.88 Å². The topological polar surface area (TPSA) is 87.5 Å². The molecule has 0 bridgehead atoms. The summed E-state index contributed by atoms with van der Waals surface area (Å²) in [6, 6.07) is 20.7. The fraction of sp³-hybridized carbons (Fsp3) is 0.222. The smallest absolute Gasteiger partial charge is 0.336 e. The highest BCUT2D eigenvalue weighted by atomic mass is 32.2. The zero-order valence-corrected chi connectivity index (χ0v) is 20.2. The summed E-state index contributed by atoms with van der Waals surface area (Å²) in [6.07, 6.45) is 4.05. The van der Waals surface area contributed by atoms with E-state index in [1.807, 2.05) is 71.8 Å². The number of aromatic nitrogens is 2. The predicted molar refractivity (Wildman–Crippen MR) is 139 cm³/mol. The van der Waals surface area contributed by atoms with Gasteiger partial charge in [-0.05, 0) is 60.1 Å². The standard InChI is InChI=1S/C27H26N4O3S/c1-35-27-29-23-12-10-20(28-26(34)30-13-5-6-14-30)16-24(23)31(27)17-18-9-11-21(22(15-18)25(32)33)19-7-3-2-4-8-19/h2-4,7-12,15-16H,5-6,13-14,17H2,1H3,(H,28,34)(H,32,33). The summed E-state index contributed by atoms with van der Waals surface area (Å²) in [5, 5.41) is 13.7. The third-order valence-corrected chi connectivity index (χ3v) is 6.96. The summed E-state index contributed by atoms with van der Waals surface area (Å²) in [5.41, 5.74) is 5.12. The molecular formula is C27H26N4O3S. The van der Waals surface area contributed by atoms with Gasteiger partial charge in [0.25, 0.3) is 0 Å². The number of thioether (sulfide) groups is 1. The predicted octanol–water partition coefficient (Wildman–Crippen LogP) is 5.80. The van der Waals surface area contributed by atoms with Crippen molar-refractivity contribution in [2.45, 2.75) is 24.5 Å². The van der Waals surface area contributed by atoms with Crippen LogP contribution < -0.4 is 5.32 Å². The number of hydrogen-bond acceptors (Lipinski definition) is 4. The maximum atomic E-state index is 12.6. The van der Waals surface area contributed by atoms with Crippen molar-refractivity contribution in [2.24, 2.45) is 0 Å². The van der Waals surface area contributed by atoms with E-state index in [-0.39, 0.29) is 11.6 Å². The number of amides is 2. The van der Waals surface area contributed by atoms with Gasteiger partial charge < -0.3 is 19.9 Å². The quantitative estimate of drug-likeness (QED) is 0.336. The number of urea groups is 1. The van der Waals surface area contributed by atoms with Crippen molar-refractivity contribution in [1.29, 1.82) is 0 Å². The largest absolute Gasteiger partial charge is 0.478 e. The monoisotopic (exact) mass is 486 g/mol. The van der Waals surface area contributed by atoms with Gasteiger partial charge in [-0.25, -0.2) is 14.6 Å². The lowest BCUT2D eigenvalue weighted by Crippen LogP contribution is -2.32. The number of imidazole rings is 1. The molecule has 0 radical (unpaired) electrons. The number of aromatic carboxylic acids is 1. The van der Waals surface area contributed by atoms with E-state index in [0.717, 1.165) is 53.2 Å². The number of nitrogens with zero attached hydrogens (tertiary/aromatic N) is 3. The minimum atomic E-state index is -0.960. The first-order valence-electron chi connectivity index (χ1n) is 11.6. The van der Waals surface area contributed by atoms with Gasteiger partial charge in [-0.1, -0.05) is 54.2 Å². The lowest BCUT2D eigenvalue weighted by molar-refractivity contribution is 0.0697. The average Bonchev–Trinajstić information content (AvgIpc) is 3.53. The molecule has 2 amide bonds. The molecule has 0 saturated carbocycles. The van der Waals surface area contributed by atoms with Gasteiger partial charge in [-0.3, -0.25) is 0 Å². The molecule has 7 nitrogen and oxygen atoms in total. The number of likely N-dealkylation sites (tertiary alicyclic amines) is 1. The van der Waals surface area contributed by atoms with E-state index in [1.54, 1.807) is 6.07 Å². The number of carbonyl (C=O) groups excluding carboxylic acids is 1. The Morgan fingerprint density at radius 3 is 2.51 bits per heavy atom. The lowest BCUT2D eigenvalue weighted by atomic mass is 9.97. The maximum absolute atomic E-state index is 12.6. The van der Waals surface area contributed by atoms with Crippen LogP contribution in [0.1, 0.15) is 28.8 Å². The van der Waals surface area contributed by atoms with Crippen molar-refractivity contribution in [3.63, 3.8) is 0 Å². The lowest BCUT2D eigenvalue weighted by Gasteiger charge is -2.16. The van der Waals surface area contributed by atoms with Crippen LogP contribution in [0.3, 0.4) is 0 Å². The van der Waals surface area contributed by atoms with Gasteiger partial charge in [0.2, 0.25) is 0 Å². The van der Waals surface area contributed by atoms with Crippen LogP contribution in [0.5, 0.6) is 0 Å². The molecule has 1 saturated heterocycles. The van der Waals surface area contributed by atoms with Crippen LogP contribution in [0.2, 0.25) is 0 Å². The van der Waals surface area contributed by atoms with Crippen LogP contribution in [0.15, 0.2) is 71.9 Å². The van der Waals surface area contributed by atoms with Crippen LogP contribution >= 0.6 is 11.8 Å². The van der Waals surface area contributed by atoms with Gasteiger partial charge in [0.05, 0.1) is 23.1 Å². The Labute approximate surface area is 207 Å². The Kier molecular flexibility index (Phi) is 6.46. The van der Waals surface area contributed by atoms with Gasteiger partial charge >= 0.3 is 12.0 Å².